The molecule has 1 N–H and O–H groups in total. The van der Waals surface area contributed by atoms with E-state index in [2.05, 4.69) is 20.2 Å². The fraction of sp³-hybridized carbons (Fsp3) is 0.222. The molecule has 0 aliphatic carbocycles. The molecule has 0 unspecified atom stereocenters. The Kier molecular flexibility index (Phi) is 3.89. The van der Waals surface area contributed by atoms with Gasteiger partial charge < -0.3 is 9.88 Å². The lowest BCUT2D eigenvalue weighted by Gasteiger charge is -2.33. The summed E-state index contributed by atoms with van der Waals surface area (Å²) in [5, 5.41) is 7.95. The molecule has 29 heavy (non-hydrogen) atoms. The van der Waals surface area contributed by atoms with Gasteiger partial charge in [-0.3, -0.25) is 4.79 Å². The Bertz CT molecular complexity index is 1210. The molecule has 1 amide bonds. The van der Waals surface area contributed by atoms with Crippen molar-refractivity contribution < 1.29 is 18.0 Å². The van der Waals surface area contributed by atoms with Crippen LogP contribution in [0.5, 0.6) is 0 Å². The van der Waals surface area contributed by atoms with E-state index < -0.39 is 24.3 Å². The van der Waals surface area contributed by atoms with Gasteiger partial charge in [0, 0.05) is 24.9 Å². The van der Waals surface area contributed by atoms with E-state index in [4.69, 9.17) is 0 Å². The zero-order valence-electron chi connectivity index (χ0n) is 14.8. The van der Waals surface area contributed by atoms with Crippen molar-refractivity contribution >= 4 is 11.4 Å². The second-order valence-electron chi connectivity index (χ2n) is 6.64. The summed E-state index contributed by atoms with van der Waals surface area (Å²) in [5.74, 6) is -1.06. The molecule has 0 saturated carbocycles. The highest BCUT2D eigenvalue weighted by molar-refractivity contribution is 5.93. The predicted molar refractivity (Wildman–Crippen MR) is 93.8 cm³/mol. The minimum Gasteiger partial charge on any atom is -0.348 e. The first-order chi connectivity index (χ1) is 14.0. The summed E-state index contributed by atoms with van der Waals surface area (Å²) in [5.41, 5.74) is 2.29. The van der Waals surface area contributed by atoms with E-state index in [1.165, 1.54) is 34.1 Å². The van der Waals surface area contributed by atoms with Crippen molar-refractivity contribution in [2.75, 3.05) is 6.54 Å². The highest BCUT2D eigenvalue weighted by Crippen LogP contribution is 2.34. The van der Waals surface area contributed by atoms with Gasteiger partial charge in [0.15, 0.2) is 0 Å². The van der Waals surface area contributed by atoms with E-state index in [9.17, 15) is 18.0 Å². The topological polar surface area (TPSA) is 84.1 Å². The third kappa shape index (κ3) is 2.77. The number of alkyl halides is 2. The molecule has 148 valence electrons. The molecule has 8 nitrogen and oxygen atoms in total. The first kappa shape index (κ1) is 17.5. The van der Waals surface area contributed by atoms with Crippen LogP contribution in [0.25, 0.3) is 5.52 Å². The van der Waals surface area contributed by atoms with Gasteiger partial charge in [0.1, 0.15) is 17.6 Å². The number of carbonyl (C=O) groups is 1. The number of rotatable bonds is 3. The number of aromatic amines is 1. The van der Waals surface area contributed by atoms with Crippen molar-refractivity contribution in [2.24, 2.45) is 0 Å². The molecule has 4 aromatic rings. The quantitative estimate of drug-likeness (QED) is 0.572. The summed E-state index contributed by atoms with van der Waals surface area (Å²) in [4.78, 5) is 22.0. The summed E-state index contributed by atoms with van der Waals surface area (Å²) >= 11 is 0. The maximum atomic E-state index is 13.6. The average molecular weight is 401 g/mol. The Hall–Kier alpha value is -3.63. The predicted octanol–water partition coefficient (Wildman–Crippen LogP) is 2.58. The fourth-order valence-corrected chi connectivity index (χ4v) is 3.70. The maximum absolute atomic E-state index is 13.6. The normalized spacial score (nSPS) is 16.6. The van der Waals surface area contributed by atoms with Crippen molar-refractivity contribution in [1.82, 2.24) is 34.3 Å². The number of H-pyrrole nitrogens is 1. The summed E-state index contributed by atoms with van der Waals surface area (Å²) in [7, 11) is 0. The highest BCUT2D eigenvalue weighted by atomic mass is 19.3. The van der Waals surface area contributed by atoms with Crippen LogP contribution in [0.2, 0.25) is 0 Å². The van der Waals surface area contributed by atoms with Gasteiger partial charge >= 0.3 is 6.55 Å². The minimum absolute atomic E-state index is 0.223. The lowest BCUT2D eigenvalue weighted by molar-refractivity contribution is 0.0441. The molecule has 5 rings (SSSR count). The van der Waals surface area contributed by atoms with Gasteiger partial charge in [-0.1, -0.05) is 0 Å². The maximum Gasteiger partial charge on any atom is 0.333 e. The van der Waals surface area contributed by atoms with Gasteiger partial charge in [0.05, 0.1) is 29.4 Å². The molecule has 0 fully saturated rings. The smallest absolute Gasteiger partial charge is 0.333 e. The summed E-state index contributed by atoms with van der Waals surface area (Å²) < 4.78 is 41.8. The number of pyridine rings is 1. The Morgan fingerprint density at radius 1 is 1.28 bits per heavy atom. The van der Waals surface area contributed by atoms with Crippen LogP contribution >= 0.6 is 0 Å². The summed E-state index contributed by atoms with van der Waals surface area (Å²) in [6, 6.07) is 5.15. The van der Waals surface area contributed by atoms with Crippen LogP contribution in [0.3, 0.4) is 0 Å². The Morgan fingerprint density at radius 2 is 2.14 bits per heavy atom. The number of hydrogen-bond acceptors (Lipinski definition) is 4. The Balaban J connectivity index is 1.62. The molecule has 0 spiro atoms. The van der Waals surface area contributed by atoms with Crippen molar-refractivity contribution in [1.29, 1.82) is 0 Å². The van der Waals surface area contributed by atoms with E-state index in [-0.39, 0.29) is 12.2 Å². The minimum atomic E-state index is -2.94. The zero-order chi connectivity index (χ0) is 20.1. The van der Waals surface area contributed by atoms with E-state index >= 15 is 0 Å². The molecule has 1 aliphatic heterocycles. The first-order valence-corrected chi connectivity index (χ1v) is 8.82. The molecule has 4 aromatic heterocycles. The zero-order valence-corrected chi connectivity index (χ0v) is 14.8. The number of nitrogens with zero attached hydrogens (tertiary/aromatic N) is 6. The van der Waals surface area contributed by atoms with Crippen LogP contribution in [-0.4, -0.2) is 46.7 Å². The standard InChI is InChI=1S/C18H14F3N7O/c19-10-1-2-11-7-13(25-27(11)8-10)16-15-12(22-9-23-15)4-6-26(16)17(29)14-3-5-24-28(14)18(20)21/h1-3,5,7-9,16,18H,4,6H2,(H,22,23)/t16-/m0/s1. The van der Waals surface area contributed by atoms with Gasteiger partial charge in [0.25, 0.3) is 5.91 Å². The van der Waals surface area contributed by atoms with Crippen molar-refractivity contribution in [3.8, 4) is 0 Å². The van der Waals surface area contributed by atoms with Gasteiger partial charge in [-0.25, -0.2) is 13.9 Å². The molecule has 0 saturated heterocycles. The number of carbonyl (C=O) groups excluding carboxylic acids is 1. The van der Waals surface area contributed by atoms with Crippen LogP contribution < -0.4 is 0 Å². The molecule has 11 heteroatoms. The van der Waals surface area contributed by atoms with E-state index in [0.29, 0.717) is 28.0 Å². The third-order valence-electron chi connectivity index (χ3n) is 4.98. The monoisotopic (exact) mass is 401 g/mol. The first-order valence-electron chi connectivity index (χ1n) is 8.82. The number of nitrogens with one attached hydrogen (secondary N) is 1. The molecule has 1 aliphatic rings. The van der Waals surface area contributed by atoms with Gasteiger partial charge in [-0.05, 0) is 24.3 Å². The van der Waals surface area contributed by atoms with Crippen LogP contribution in [0.1, 0.15) is 40.2 Å². The third-order valence-corrected chi connectivity index (χ3v) is 4.98. The van der Waals surface area contributed by atoms with Gasteiger partial charge in [-0.15, -0.1) is 0 Å². The number of amides is 1. The summed E-state index contributed by atoms with van der Waals surface area (Å²) in [6.45, 7) is -2.67. The van der Waals surface area contributed by atoms with Crippen LogP contribution in [0.15, 0.2) is 43.0 Å². The second kappa shape index (κ2) is 6.47. The average Bonchev–Trinajstić information content (AvgIpc) is 3.43. The van der Waals surface area contributed by atoms with Crippen molar-refractivity contribution in [3.63, 3.8) is 0 Å². The SMILES string of the molecule is O=C(c1ccnn1C(F)F)N1CCc2[nH]cnc2[C@@H]1c1cc2ccc(F)cn2n1. The highest BCUT2D eigenvalue weighted by Gasteiger charge is 2.37. The number of aromatic nitrogens is 6. The Morgan fingerprint density at radius 3 is 2.97 bits per heavy atom. The number of imidazole rings is 1. The number of halogens is 3. The number of fused-ring (bicyclic) bond motifs is 2. The van der Waals surface area contributed by atoms with Crippen molar-refractivity contribution in [3.05, 3.63) is 71.6 Å². The van der Waals surface area contributed by atoms with E-state index in [1.807, 2.05) is 0 Å². The summed E-state index contributed by atoms with van der Waals surface area (Å²) in [6.07, 6.45) is 4.39. The largest absolute Gasteiger partial charge is 0.348 e. The number of hydrogen-bond donors (Lipinski definition) is 1. The molecular weight excluding hydrogens is 387 g/mol. The van der Waals surface area contributed by atoms with Crippen LogP contribution in [0, 0.1) is 5.82 Å². The molecule has 0 aromatic carbocycles. The van der Waals surface area contributed by atoms with Crippen LogP contribution in [-0.2, 0) is 6.42 Å². The Labute approximate surface area is 161 Å². The van der Waals surface area contributed by atoms with Crippen molar-refractivity contribution in [2.45, 2.75) is 19.0 Å². The molecule has 1 atom stereocenters. The molecule has 5 heterocycles. The van der Waals surface area contributed by atoms with Gasteiger partial charge in [-0.2, -0.15) is 23.7 Å². The van der Waals surface area contributed by atoms with E-state index in [1.54, 1.807) is 12.1 Å². The lowest BCUT2D eigenvalue weighted by Crippen LogP contribution is -2.41. The van der Waals surface area contributed by atoms with Gasteiger partial charge in [0.2, 0.25) is 0 Å². The molecular formula is C18H14F3N7O. The lowest BCUT2D eigenvalue weighted by atomic mass is 9.99. The van der Waals surface area contributed by atoms with E-state index in [0.717, 1.165) is 11.9 Å². The fourth-order valence-electron chi connectivity index (χ4n) is 3.70. The second-order valence-corrected chi connectivity index (χ2v) is 6.64. The molecule has 0 radical (unpaired) electrons. The molecule has 0 bridgehead atoms. The van der Waals surface area contributed by atoms with Crippen LogP contribution in [0.4, 0.5) is 13.2 Å².